The van der Waals surface area contributed by atoms with Gasteiger partial charge in [-0.25, -0.2) is 0 Å². The summed E-state index contributed by atoms with van der Waals surface area (Å²) in [5.74, 6) is 0.849. The van der Waals surface area contributed by atoms with E-state index in [-0.39, 0.29) is 0 Å². The van der Waals surface area contributed by atoms with Crippen molar-refractivity contribution in [3.63, 3.8) is 0 Å². The van der Waals surface area contributed by atoms with Crippen LogP contribution in [-0.2, 0) is 0 Å². The Hall–Kier alpha value is -0.890. The molecule has 0 aromatic heterocycles. The second-order valence-electron chi connectivity index (χ2n) is 8.02. The van der Waals surface area contributed by atoms with Crippen LogP contribution >= 0.6 is 11.6 Å². The minimum absolute atomic E-state index is 0.346. The van der Waals surface area contributed by atoms with E-state index in [1.807, 2.05) is 12.1 Å². The smallest absolute Gasteiger partial charge is 0.0786 e. The maximum Gasteiger partial charge on any atom is 0.0786 e. The molecule has 0 heterocycles. The lowest BCUT2D eigenvalue weighted by molar-refractivity contribution is 0.155. The number of nitrogens with one attached hydrogen (secondary N) is 1. The molecule has 0 spiro atoms. The monoisotopic (exact) mass is 306 g/mol. The van der Waals surface area contributed by atoms with E-state index in [9.17, 15) is 0 Å². The van der Waals surface area contributed by atoms with Gasteiger partial charge in [0.05, 0.1) is 16.4 Å². The first-order valence-corrected chi connectivity index (χ1v) is 8.36. The number of hydrogen-bond acceptors (Lipinski definition) is 2. The van der Waals surface area contributed by atoms with E-state index in [0.29, 0.717) is 16.9 Å². The Morgan fingerprint density at radius 1 is 1.24 bits per heavy atom. The normalized spacial score (nSPS) is 33.2. The largest absolute Gasteiger partial charge is 0.379 e. The number of rotatable bonds is 3. The van der Waals surface area contributed by atoms with Crippen LogP contribution in [0, 0.1) is 16.7 Å². The van der Waals surface area contributed by atoms with E-state index >= 15 is 0 Å². The summed E-state index contributed by atoms with van der Waals surface area (Å²) in [5.41, 5.74) is 3.03. The third kappa shape index (κ3) is 2.23. The number of anilines is 2. The molecule has 3 heteroatoms. The summed E-state index contributed by atoms with van der Waals surface area (Å²) in [5, 5.41) is 4.68. The quantitative estimate of drug-likeness (QED) is 0.842. The highest BCUT2D eigenvalue weighted by atomic mass is 35.5. The topological polar surface area (TPSA) is 15.3 Å². The summed E-state index contributed by atoms with van der Waals surface area (Å²) < 4.78 is 0. The third-order valence-electron chi connectivity index (χ3n) is 6.00. The van der Waals surface area contributed by atoms with E-state index < -0.39 is 0 Å². The van der Waals surface area contributed by atoms with Crippen LogP contribution in [0.4, 0.5) is 11.4 Å². The van der Waals surface area contributed by atoms with Crippen LogP contribution in [-0.4, -0.2) is 20.1 Å². The van der Waals surface area contributed by atoms with Crippen molar-refractivity contribution in [3.8, 4) is 0 Å². The summed E-state index contributed by atoms with van der Waals surface area (Å²) in [6.07, 6.45) is 4.09. The fourth-order valence-corrected chi connectivity index (χ4v) is 5.25. The van der Waals surface area contributed by atoms with Gasteiger partial charge in [-0.2, -0.15) is 0 Å². The van der Waals surface area contributed by atoms with Crippen LogP contribution in [0.15, 0.2) is 18.2 Å². The molecule has 2 bridgehead atoms. The minimum atomic E-state index is 0.346. The maximum absolute atomic E-state index is 6.41. The molecule has 0 amide bonds. The van der Waals surface area contributed by atoms with Gasteiger partial charge in [-0.1, -0.05) is 38.4 Å². The third-order valence-corrected chi connectivity index (χ3v) is 6.31. The highest BCUT2D eigenvalue weighted by Gasteiger charge is 2.59. The van der Waals surface area contributed by atoms with Gasteiger partial charge in [0.1, 0.15) is 0 Å². The number of halogens is 1. The first-order valence-electron chi connectivity index (χ1n) is 7.98. The molecule has 2 nitrogen and oxygen atoms in total. The van der Waals surface area contributed by atoms with Crippen molar-refractivity contribution in [2.45, 2.75) is 46.1 Å². The van der Waals surface area contributed by atoms with Crippen LogP contribution in [0.2, 0.25) is 5.02 Å². The highest BCUT2D eigenvalue weighted by molar-refractivity contribution is 6.34. The first-order chi connectivity index (χ1) is 9.75. The van der Waals surface area contributed by atoms with Crippen molar-refractivity contribution in [2.24, 2.45) is 16.7 Å². The molecule has 2 fully saturated rings. The zero-order valence-electron chi connectivity index (χ0n) is 13.8. The van der Waals surface area contributed by atoms with E-state index in [0.717, 1.165) is 16.6 Å². The molecule has 0 saturated heterocycles. The summed E-state index contributed by atoms with van der Waals surface area (Å²) >= 11 is 6.41. The van der Waals surface area contributed by atoms with E-state index in [1.54, 1.807) is 0 Å². The van der Waals surface area contributed by atoms with Crippen molar-refractivity contribution < 1.29 is 0 Å². The second-order valence-corrected chi connectivity index (χ2v) is 8.43. The Morgan fingerprint density at radius 2 is 1.95 bits per heavy atom. The molecule has 1 aromatic rings. The number of fused-ring (bicyclic) bond motifs is 2. The van der Waals surface area contributed by atoms with E-state index in [2.05, 4.69) is 51.1 Å². The van der Waals surface area contributed by atoms with Crippen LogP contribution in [0.25, 0.3) is 0 Å². The van der Waals surface area contributed by atoms with Gasteiger partial charge in [0.25, 0.3) is 0 Å². The van der Waals surface area contributed by atoms with Crippen molar-refractivity contribution >= 4 is 23.0 Å². The van der Waals surface area contributed by atoms with Gasteiger partial charge in [0.15, 0.2) is 0 Å². The molecule has 116 valence electrons. The van der Waals surface area contributed by atoms with Gasteiger partial charge in [-0.15, -0.1) is 0 Å². The summed E-state index contributed by atoms with van der Waals surface area (Å²) in [7, 11) is 4.11. The molecule has 3 rings (SSSR count). The van der Waals surface area contributed by atoms with Gasteiger partial charge in [0.2, 0.25) is 0 Å². The zero-order valence-corrected chi connectivity index (χ0v) is 14.6. The molecule has 3 unspecified atom stereocenters. The molecule has 21 heavy (non-hydrogen) atoms. The molecule has 2 aliphatic carbocycles. The molecule has 3 atom stereocenters. The molecule has 2 saturated carbocycles. The molecular weight excluding hydrogens is 280 g/mol. The van der Waals surface area contributed by atoms with Crippen molar-refractivity contribution in [3.05, 3.63) is 23.2 Å². The average Bonchev–Trinajstić information content (AvgIpc) is 2.85. The lowest BCUT2D eigenvalue weighted by Gasteiger charge is -2.44. The lowest BCUT2D eigenvalue weighted by atomic mass is 9.68. The van der Waals surface area contributed by atoms with Gasteiger partial charge in [-0.05, 0) is 48.1 Å². The Balaban J connectivity index is 1.96. The van der Waals surface area contributed by atoms with Crippen LogP contribution < -0.4 is 10.2 Å². The Morgan fingerprint density at radius 3 is 2.52 bits per heavy atom. The van der Waals surface area contributed by atoms with E-state index in [4.69, 9.17) is 11.6 Å². The highest BCUT2D eigenvalue weighted by Crippen LogP contribution is 2.63. The predicted octanol–water partition coefficient (Wildman–Crippen LogP) is 5.03. The zero-order chi connectivity index (χ0) is 15.4. The van der Waals surface area contributed by atoms with Crippen LogP contribution in [0.1, 0.15) is 40.0 Å². The number of para-hydroxylation sites is 1. The molecule has 1 aromatic carbocycles. The lowest BCUT2D eigenvalue weighted by Crippen LogP contribution is -2.46. The van der Waals surface area contributed by atoms with E-state index in [1.165, 1.54) is 24.9 Å². The molecule has 1 N–H and O–H groups in total. The maximum atomic E-state index is 6.41. The van der Waals surface area contributed by atoms with Gasteiger partial charge in [-0.3, -0.25) is 0 Å². The molecule has 0 aliphatic heterocycles. The molecule has 0 radical (unpaired) electrons. The van der Waals surface area contributed by atoms with Crippen LogP contribution in [0.3, 0.4) is 0 Å². The number of benzene rings is 1. The van der Waals surface area contributed by atoms with Crippen LogP contribution in [0.5, 0.6) is 0 Å². The second kappa shape index (κ2) is 4.81. The van der Waals surface area contributed by atoms with Gasteiger partial charge in [0, 0.05) is 20.1 Å². The summed E-state index contributed by atoms with van der Waals surface area (Å²) in [6, 6.07) is 6.68. The van der Waals surface area contributed by atoms with Crippen molar-refractivity contribution in [2.75, 3.05) is 24.3 Å². The number of hydrogen-bond donors (Lipinski definition) is 1. The summed E-state index contributed by atoms with van der Waals surface area (Å²) in [4.78, 5) is 2.10. The van der Waals surface area contributed by atoms with Gasteiger partial charge >= 0.3 is 0 Å². The average molecular weight is 307 g/mol. The fraction of sp³-hybridized carbons (Fsp3) is 0.667. The SMILES string of the molecule is CN(C)c1c(Cl)cccc1NC1C2(C)CCC(C2)C1(C)C. The molecular formula is C18H27ClN2. The first kappa shape index (κ1) is 15.0. The van der Waals surface area contributed by atoms with Crippen molar-refractivity contribution in [1.29, 1.82) is 0 Å². The fourth-order valence-electron chi connectivity index (χ4n) is 4.90. The number of nitrogens with zero attached hydrogens (tertiary/aromatic N) is 1. The minimum Gasteiger partial charge on any atom is -0.379 e. The summed E-state index contributed by atoms with van der Waals surface area (Å²) in [6.45, 7) is 7.32. The Labute approximate surface area is 133 Å². The van der Waals surface area contributed by atoms with Gasteiger partial charge < -0.3 is 10.2 Å². The Bertz CT molecular complexity index is 547. The standard InChI is InChI=1S/C18H27ClN2/c1-17(2)12-9-10-18(3,11-12)16(17)20-14-8-6-7-13(19)15(14)21(4)5/h6-8,12,16,20H,9-11H2,1-5H3. The Kier molecular flexibility index (Phi) is 3.44. The predicted molar refractivity (Wildman–Crippen MR) is 92.4 cm³/mol. The molecule has 2 aliphatic rings. The van der Waals surface area contributed by atoms with Crippen molar-refractivity contribution in [1.82, 2.24) is 0 Å².